The molecule has 7 nitrogen and oxygen atoms in total. The molecule has 0 amide bonds. The number of nitrogens with zero attached hydrogens (tertiary/aromatic N) is 2. The van der Waals surface area contributed by atoms with Gasteiger partial charge in [-0.3, -0.25) is 20.3 Å². The summed E-state index contributed by atoms with van der Waals surface area (Å²) in [4.78, 5) is 21.1. The molecule has 2 aromatic rings. The van der Waals surface area contributed by atoms with Crippen molar-refractivity contribution in [1.29, 1.82) is 0 Å². The van der Waals surface area contributed by atoms with Crippen molar-refractivity contribution in [2.75, 3.05) is 5.43 Å². The Morgan fingerprint density at radius 1 is 1.24 bits per heavy atom. The van der Waals surface area contributed by atoms with Gasteiger partial charge in [0.2, 0.25) is 0 Å². The number of nitro groups is 1. The first kappa shape index (κ1) is 18.1. The van der Waals surface area contributed by atoms with Gasteiger partial charge in [0.05, 0.1) is 16.8 Å². The van der Waals surface area contributed by atoms with Gasteiger partial charge in [0, 0.05) is 19.1 Å². The van der Waals surface area contributed by atoms with Crippen molar-refractivity contribution in [1.82, 2.24) is 0 Å². The van der Waals surface area contributed by atoms with E-state index < -0.39 is 4.92 Å². The summed E-state index contributed by atoms with van der Waals surface area (Å²) < 4.78 is 5.04. The van der Waals surface area contributed by atoms with Gasteiger partial charge in [-0.1, -0.05) is 6.07 Å². The Kier molecular flexibility index (Phi) is 5.84. The van der Waals surface area contributed by atoms with Crippen LogP contribution >= 0.6 is 0 Å². The van der Waals surface area contributed by atoms with Gasteiger partial charge in [0.15, 0.2) is 0 Å². The number of hydrogen-bond acceptors (Lipinski definition) is 6. The lowest BCUT2D eigenvalue weighted by Crippen LogP contribution is -2.02. The molecule has 0 radical (unpaired) electrons. The first-order valence-electron chi connectivity index (χ1n) is 7.64. The third kappa shape index (κ3) is 5.13. The second kappa shape index (κ2) is 8.05. The third-order valence-corrected chi connectivity index (χ3v) is 3.63. The number of carbonyl (C=O) groups excluding carboxylic acids is 1. The average Bonchev–Trinajstić information content (AvgIpc) is 2.56. The van der Waals surface area contributed by atoms with Gasteiger partial charge in [0.1, 0.15) is 6.61 Å². The van der Waals surface area contributed by atoms with Crippen LogP contribution in [0.1, 0.15) is 29.2 Å². The molecular formula is C18H19N3O4. The molecule has 0 saturated carbocycles. The number of anilines is 1. The van der Waals surface area contributed by atoms with Crippen LogP contribution in [-0.2, 0) is 16.1 Å². The van der Waals surface area contributed by atoms with E-state index in [0.717, 1.165) is 22.3 Å². The molecule has 0 aliphatic carbocycles. The summed E-state index contributed by atoms with van der Waals surface area (Å²) in [5, 5.41) is 14.8. The minimum Gasteiger partial charge on any atom is -0.461 e. The fourth-order valence-electron chi connectivity index (χ4n) is 2.21. The average molecular weight is 341 g/mol. The maximum atomic E-state index is 10.9. The molecule has 0 aromatic heterocycles. The number of hydrogen-bond donors (Lipinski definition) is 1. The molecule has 2 aromatic carbocycles. The molecule has 0 aliphatic rings. The van der Waals surface area contributed by atoms with Crippen molar-refractivity contribution in [2.24, 2.45) is 5.10 Å². The number of ether oxygens (including phenoxy) is 1. The molecule has 25 heavy (non-hydrogen) atoms. The van der Waals surface area contributed by atoms with E-state index >= 15 is 0 Å². The summed E-state index contributed by atoms with van der Waals surface area (Å²) >= 11 is 0. The van der Waals surface area contributed by atoms with Crippen molar-refractivity contribution in [3.8, 4) is 0 Å². The monoisotopic (exact) mass is 341 g/mol. The molecule has 0 aliphatic heterocycles. The lowest BCUT2D eigenvalue weighted by molar-refractivity contribution is -0.384. The van der Waals surface area contributed by atoms with Crippen molar-refractivity contribution >= 4 is 23.6 Å². The molecular weight excluding hydrogens is 322 g/mol. The number of nitrogens with one attached hydrogen (secondary N) is 1. The third-order valence-electron chi connectivity index (χ3n) is 3.63. The van der Waals surface area contributed by atoms with Crippen LogP contribution in [0.2, 0.25) is 0 Å². The van der Waals surface area contributed by atoms with Crippen LogP contribution in [0, 0.1) is 24.0 Å². The molecule has 2 rings (SSSR count). The highest BCUT2D eigenvalue weighted by Crippen LogP contribution is 2.17. The molecule has 0 atom stereocenters. The molecule has 1 N–H and O–H groups in total. The minimum absolute atomic E-state index is 0.0318. The Balaban J connectivity index is 2.06. The number of nitro benzene ring substituents is 1. The van der Waals surface area contributed by atoms with Crippen molar-refractivity contribution < 1.29 is 14.5 Å². The van der Waals surface area contributed by atoms with Crippen LogP contribution in [0.5, 0.6) is 0 Å². The predicted molar refractivity (Wildman–Crippen MR) is 95.7 cm³/mol. The normalized spacial score (nSPS) is 10.7. The highest BCUT2D eigenvalue weighted by Gasteiger charge is 2.06. The Hall–Kier alpha value is -3.22. The van der Waals surface area contributed by atoms with Crippen molar-refractivity contribution in [2.45, 2.75) is 27.4 Å². The number of non-ortho nitro benzene ring substituents is 1. The van der Waals surface area contributed by atoms with Crippen LogP contribution < -0.4 is 5.43 Å². The van der Waals surface area contributed by atoms with Gasteiger partial charge in [-0.25, -0.2) is 0 Å². The smallest absolute Gasteiger partial charge is 0.302 e. The van der Waals surface area contributed by atoms with Crippen LogP contribution in [0.15, 0.2) is 41.5 Å². The molecule has 0 fully saturated rings. The number of carbonyl (C=O) groups is 1. The summed E-state index contributed by atoms with van der Waals surface area (Å²) in [7, 11) is 0. The van der Waals surface area contributed by atoms with E-state index in [-0.39, 0.29) is 18.3 Å². The van der Waals surface area contributed by atoms with Gasteiger partial charge < -0.3 is 4.74 Å². The fourth-order valence-corrected chi connectivity index (χ4v) is 2.21. The Morgan fingerprint density at radius 2 is 1.92 bits per heavy atom. The van der Waals surface area contributed by atoms with E-state index in [0.29, 0.717) is 5.69 Å². The maximum absolute atomic E-state index is 10.9. The first-order valence-corrected chi connectivity index (χ1v) is 7.64. The first-order chi connectivity index (χ1) is 11.9. The van der Waals surface area contributed by atoms with E-state index in [9.17, 15) is 14.9 Å². The summed E-state index contributed by atoms with van der Waals surface area (Å²) in [6.07, 6.45) is 1.68. The quantitative estimate of drug-likeness (QED) is 0.374. The summed E-state index contributed by atoms with van der Waals surface area (Å²) in [6, 6.07) is 9.94. The summed E-state index contributed by atoms with van der Waals surface area (Å²) in [5.41, 5.74) is 7.41. The van der Waals surface area contributed by atoms with E-state index in [2.05, 4.69) is 10.5 Å². The molecule has 0 unspecified atom stereocenters. The Morgan fingerprint density at radius 3 is 2.52 bits per heavy atom. The van der Waals surface area contributed by atoms with E-state index in [4.69, 9.17) is 4.74 Å². The fraction of sp³-hybridized carbons (Fsp3) is 0.222. The highest BCUT2D eigenvalue weighted by molar-refractivity contribution is 5.82. The van der Waals surface area contributed by atoms with Crippen LogP contribution in [0.25, 0.3) is 0 Å². The van der Waals surface area contributed by atoms with Gasteiger partial charge >= 0.3 is 5.97 Å². The summed E-state index contributed by atoms with van der Waals surface area (Å²) in [6.45, 7) is 5.52. The lowest BCUT2D eigenvalue weighted by atomic mass is 10.0. The predicted octanol–water partition coefficient (Wildman–Crippen LogP) is 3.72. The SMILES string of the molecule is CC(=O)OCc1cc(C)c(/C=N/Nc2ccc([N+](=O)[O-])cc2)cc1C. The topological polar surface area (TPSA) is 93.8 Å². The molecule has 0 spiro atoms. The second-order valence-corrected chi connectivity index (χ2v) is 5.59. The van der Waals surface area contributed by atoms with E-state index in [1.807, 2.05) is 26.0 Å². The van der Waals surface area contributed by atoms with Gasteiger partial charge in [-0.05, 0) is 54.3 Å². The van der Waals surface area contributed by atoms with Crippen molar-refractivity contribution in [3.63, 3.8) is 0 Å². The molecule has 0 heterocycles. The second-order valence-electron chi connectivity index (χ2n) is 5.59. The Bertz CT molecular complexity index is 814. The molecule has 130 valence electrons. The molecule has 0 bridgehead atoms. The zero-order valence-electron chi connectivity index (χ0n) is 14.3. The van der Waals surface area contributed by atoms with E-state index in [1.54, 1.807) is 18.3 Å². The standard InChI is InChI=1S/C18H19N3O4/c1-12-9-16(11-25-14(3)22)13(2)8-15(12)10-19-20-17-4-6-18(7-5-17)21(23)24/h4-10,20H,11H2,1-3H3/b19-10+. The number of esters is 1. The lowest BCUT2D eigenvalue weighted by Gasteiger charge is -2.10. The van der Waals surface area contributed by atoms with Crippen LogP contribution in [0.3, 0.4) is 0 Å². The van der Waals surface area contributed by atoms with Crippen LogP contribution in [-0.4, -0.2) is 17.1 Å². The zero-order valence-corrected chi connectivity index (χ0v) is 14.3. The maximum Gasteiger partial charge on any atom is 0.302 e. The van der Waals surface area contributed by atoms with Crippen LogP contribution in [0.4, 0.5) is 11.4 Å². The Labute approximate surface area is 145 Å². The minimum atomic E-state index is -0.448. The van der Waals surface area contributed by atoms with Crippen molar-refractivity contribution in [3.05, 3.63) is 68.8 Å². The summed E-state index contributed by atoms with van der Waals surface area (Å²) in [5.74, 6) is -0.310. The largest absolute Gasteiger partial charge is 0.461 e. The van der Waals surface area contributed by atoms with Gasteiger partial charge in [-0.2, -0.15) is 5.10 Å². The number of rotatable bonds is 6. The zero-order chi connectivity index (χ0) is 18.4. The number of hydrazone groups is 1. The molecule has 0 saturated heterocycles. The van der Waals surface area contributed by atoms with Gasteiger partial charge in [-0.15, -0.1) is 0 Å². The van der Waals surface area contributed by atoms with E-state index in [1.165, 1.54) is 19.1 Å². The highest BCUT2D eigenvalue weighted by atomic mass is 16.6. The van der Waals surface area contributed by atoms with Gasteiger partial charge in [0.25, 0.3) is 5.69 Å². The number of benzene rings is 2. The molecule has 7 heteroatoms. The number of aryl methyl sites for hydroxylation is 2.